The maximum Gasteiger partial charge on any atom is 0.296 e. The van der Waals surface area contributed by atoms with Gasteiger partial charge in [-0.05, 0) is 36.5 Å². The second-order valence-corrected chi connectivity index (χ2v) is 7.90. The van der Waals surface area contributed by atoms with Crippen LogP contribution in [0.3, 0.4) is 0 Å². The molecule has 3 aromatic heterocycles. The van der Waals surface area contributed by atoms with Gasteiger partial charge in [-0.3, -0.25) is 25.1 Å². The number of ether oxygens (including phenoxy) is 2. The van der Waals surface area contributed by atoms with Crippen LogP contribution in [0, 0.1) is 12.7 Å². The molecule has 4 rings (SSSR count). The van der Waals surface area contributed by atoms with E-state index in [1.807, 2.05) is 0 Å². The van der Waals surface area contributed by atoms with Crippen molar-refractivity contribution in [3.8, 4) is 22.1 Å². The van der Waals surface area contributed by atoms with E-state index in [0.717, 1.165) is 11.3 Å². The first-order chi connectivity index (χ1) is 16.5. The number of nitrogens with one attached hydrogen (secondary N) is 1. The molecule has 10 nitrogen and oxygen atoms in total. The van der Waals surface area contributed by atoms with Crippen LogP contribution < -0.4 is 14.8 Å². The van der Waals surface area contributed by atoms with Crippen molar-refractivity contribution in [1.29, 1.82) is 0 Å². The zero-order chi connectivity index (χ0) is 24.1. The quantitative estimate of drug-likeness (QED) is 0.388. The number of aryl methyl sites for hydroxylation is 1. The number of aliphatic hydroxyl groups is 1. The monoisotopic (exact) mass is 482 g/mol. The number of aromatic nitrogens is 5. The van der Waals surface area contributed by atoms with Gasteiger partial charge in [0.15, 0.2) is 0 Å². The maximum absolute atomic E-state index is 14.7. The summed E-state index contributed by atoms with van der Waals surface area (Å²) in [7, 11) is 1.43. The van der Waals surface area contributed by atoms with Crippen LogP contribution in [-0.2, 0) is 13.2 Å². The third-order valence-electron chi connectivity index (χ3n) is 4.64. The third kappa shape index (κ3) is 5.13. The highest BCUT2D eigenvalue weighted by Crippen LogP contribution is 2.35. The van der Waals surface area contributed by atoms with Crippen molar-refractivity contribution in [1.82, 2.24) is 25.1 Å². The molecule has 0 bridgehead atoms. The first-order valence-corrected chi connectivity index (χ1v) is 10.8. The summed E-state index contributed by atoms with van der Waals surface area (Å²) in [6, 6.07) is 6.06. The summed E-state index contributed by atoms with van der Waals surface area (Å²) < 4.78 is 25.5. The summed E-state index contributed by atoms with van der Waals surface area (Å²) in [6.45, 7) is 1.63. The molecule has 174 valence electrons. The molecule has 0 aliphatic rings. The van der Waals surface area contributed by atoms with Crippen molar-refractivity contribution in [2.24, 2.45) is 0 Å². The van der Waals surface area contributed by atoms with Crippen LogP contribution in [0.1, 0.15) is 27.4 Å². The Morgan fingerprint density at radius 1 is 1.15 bits per heavy atom. The van der Waals surface area contributed by atoms with E-state index in [1.165, 1.54) is 37.8 Å². The molecule has 0 atom stereocenters. The number of rotatable bonds is 8. The zero-order valence-corrected chi connectivity index (χ0v) is 19.0. The van der Waals surface area contributed by atoms with Gasteiger partial charge in [-0.2, -0.15) is 0 Å². The van der Waals surface area contributed by atoms with E-state index in [0.29, 0.717) is 28.4 Å². The van der Waals surface area contributed by atoms with Gasteiger partial charge in [-0.25, -0.2) is 4.39 Å². The normalized spacial score (nSPS) is 10.7. The number of benzene rings is 1. The second kappa shape index (κ2) is 10.3. The van der Waals surface area contributed by atoms with Gasteiger partial charge in [-0.1, -0.05) is 11.2 Å². The lowest BCUT2D eigenvalue weighted by molar-refractivity contribution is 0.102. The van der Waals surface area contributed by atoms with Crippen molar-refractivity contribution < 1.29 is 23.8 Å². The molecule has 34 heavy (non-hydrogen) atoms. The largest absolute Gasteiger partial charge is 0.496 e. The van der Waals surface area contributed by atoms with Crippen LogP contribution in [0.5, 0.6) is 10.9 Å². The Balaban J connectivity index is 1.51. The lowest BCUT2D eigenvalue weighted by atomic mass is 9.98. The number of halogens is 1. The molecule has 0 fully saturated rings. The topological polar surface area (TPSA) is 132 Å². The number of pyridine rings is 1. The van der Waals surface area contributed by atoms with Crippen molar-refractivity contribution in [2.45, 2.75) is 20.1 Å². The molecule has 0 spiro atoms. The molecule has 0 aliphatic heterocycles. The van der Waals surface area contributed by atoms with Crippen molar-refractivity contribution in [3.05, 3.63) is 71.3 Å². The molecular formula is C22H19FN6O4S. The minimum atomic E-state index is -0.541. The maximum atomic E-state index is 14.7. The number of amides is 1. The predicted octanol–water partition coefficient (Wildman–Crippen LogP) is 3.17. The highest BCUT2D eigenvalue weighted by atomic mass is 32.1. The van der Waals surface area contributed by atoms with Gasteiger partial charge < -0.3 is 14.6 Å². The third-order valence-corrected chi connectivity index (χ3v) is 5.39. The van der Waals surface area contributed by atoms with Gasteiger partial charge in [-0.15, -0.1) is 5.10 Å². The van der Waals surface area contributed by atoms with Crippen LogP contribution in [0.25, 0.3) is 11.1 Å². The Morgan fingerprint density at radius 3 is 2.68 bits per heavy atom. The summed E-state index contributed by atoms with van der Waals surface area (Å²) in [5, 5.41) is 19.9. The van der Waals surface area contributed by atoms with E-state index in [2.05, 4.69) is 30.5 Å². The van der Waals surface area contributed by atoms with Crippen molar-refractivity contribution in [2.75, 3.05) is 12.4 Å². The number of methoxy groups -OCH3 is 1. The summed E-state index contributed by atoms with van der Waals surface area (Å²) >= 11 is 1.01. The molecule has 0 radical (unpaired) electrons. The number of hydrogen-bond acceptors (Lipinski definition) is 10. The molecule has 0 saturated carbocycles. The second-order valence-electron chi connectivity index (χ2n) is 6.96. The molecule has 0 saturated heterocycles. The van der Waals surface area contributed by atoms with Crippen molar-refractivity contribution in [3.63, 3.8) is 0 Å². The molecule has 2 N–H and O–H groups in total. The first kappa shape index (κ1) is 23.1. The van der Waals surface area contributed by atoms with Gasteiger partial charge in [0.1, 0.15) is 18.2 Å². The van der Waals surface area contributed by atoms with E-state index < -0.39 is 11.7 Å². The fourth-order valence-corrected chi connectivity index (χ4v) is 3.63. The standard InChI is InChI=1S/C22H19FN6O4S/c1-12-6-15(19-17(23)4-3-5-18(19)32-2)16(9-24-12)20(31)27-21-28-29-22(34-21)33-11-14-8-25-13(10-30)7-26-14/h3-9,30H,10-11H2,1-2H3,(H,27,28,31). The predicted molar refractivity (Wildman–Crippen MR) is 121 cm³/mol. The zero-order valence-electron chi connectivity index (χ0n) is 18.1. The highest BCUT2D eigenvalue weighted by molar-refractivity contribution is 7.17. The number of anilines is 1. The van der Waals surface area contributed by atoms with Crippen LogP contribution in [0.2, 0.25) is 0 Å². The number of aliphatic hydroxyl groups excluding tert-OH is 1. The lowest BCUT2D eigenvalue weighted by Crippen LogP contribution is -2.14. The van der Waals surface area contributed by atoms with Gasteiger partial charge in [0.2, 0.25) is 5.13 Å². The minimum Gasteiger partial charge on any atom is -0.496 e. The van der Waals surface area contributed by atoms with Crippen LogP contribution in [0.4, 0.5) is 9.52 Å². The molecular weight excluding hydrogens is 463 g/mol. The highest BCUT2D eigenvalue weighted by Gasteiger charge is 2.21. The Bertz CT molecular complexity index is 1320. The van der Waals surface area contributed by atoms with Gasteiger partial charge >= 0.3 is 0 Å². The smallest absolute Gasteiger partial charge is 0.296 e. The van der Waals surface area contributed by atoms with Gasteiger partial charge in [0.25, 0.3) is 11.1 Å². The molecule has 1 aromatic carbocycles. The summed E-state index contributed by atoms with van der Waals surface area (Å²) in [4.78, 5) is 25.3. The molecule has 0 unspecified atom stereocenters. The summed E-state index contributed by atoms with van der Waals surface area (Å²) in [5.41, 5.74) is 2.24. The molecule has 12 heteroatoms. The van der Waals surface area contributed by atoms with Crippen LogP contribution >= 0.6 is 11.3 Å². The fourth-order valence-electron chi connectivity index (χ4n) is 3.04. The van der Waals surface area contributed by atoms with E-state index in [-0.39, 0.29) is 34.7 Å². The molecule has 1 amide bonds. The Labute approximate surface area is 197 Å². The molecule has 0 aliphatic carbocycles. The molecule has 4 aromatic rings. The van der Waals surface area contributed by atoms with Gasteiger partial charge in [0.05, 0.1) is 48.6 Å². The van der Waals surface area contributed by atoms with Gasteiger partial charge in [0, 0.05) is 17.5 Å². The number of nitrogens with zero attached hydrogens (tertiary/aromatic N) is 5. The minimum absolute atomic E-state index is 0.0837. The number of carbonyl (C=O) groups is 1. The average Bonchev–Trinajstić information content (AvgIpc) is 3.29. The van der Waals surface area contributed by atoms with E-state index >= 15 is 0 Å². The van der Waals surface area contributed by atoms with E-state index in [1.54, 1.807) is 19.1 Å². The number of carbonyl (C=O) groups excluding carboxylic acids is 1. The molecule has 3 heterocycles. The Morgan fingerprint density at radius 2 is 1.94 bits per heavy atom. The average molecular weight is 482 g/mol. The summed E-state index contributed by atoms with van der Waals surface area (Å²) in [6.07, 6.45) is 4.30. The Kier molecular flexibility index (Phi) is 6.99. The Hall–Kier alpha value is -4.03. The fraction of sp³-hybridized carbons (Fsp3) is 0.182. The van der Waals surface area contributed by atoms with Crippen LogP contribution in [-0.4, -0.2) is 43.3 Å². The van der Waals surface area contributed by atoms with Crippen molar-refractivity contribution >= 4 is 22.4 Å². The first-order valence-electron chi connectivity index (χ1n) is 9.96. The number of hydrogen-bond donors (Lipinski definition) is 2. The lowest BCUT2D eigenvalue weighted by Gasteiger charge is -2.14. The van der Waals surface area contributed by atoms with E-state index in [9.17, 15) is 9.18 Å². The van der Waals surface area contributed by atoms with E-state index in [4.69, 9.17) is 14.6 Å². The van der Waals surface area contributed by atoms with Crippen LogP contribution in [0.15, 0.2) is 42.9 Å². The summed E-state index contributed by atoms with van der Waals surface area (Å²) in [5.74, 6) is -0.775. The SMILES string of the molecule is COc1cccc(F)c1-c1cc(C)ncc1C(=O)Nc1nnc(OCc2cnc(CO)cn2)s1.